The molecule has 0 aromatic heterocycles. The molecule has 26 heavy (non-hydrogen) atoms. The van der Waals surface area contributed by atoms with Crippen molar-refractivity contribution < 1.29 is 24.7 Å². The third kappa shape index (κ3) is 4.07. The second-order valence-electron chi connectivity index (χ2n) is 5.01. The van der Waals surface area contributed by atoms with Crippen LogP contribution in [0.15, 0.2) is 42.0 Å². The Bertz CT molecular complexity index is 929. The van der Waals surface area contributed by atoms with E-state index in [4.69, 9.17) is 4.74 Å². The van der Waals surface area contributed by atoms with Gasteiger partial charge in [-0.15, -0.1) is 0 Å². The third-order valence-electron chi connectivity index (χ3n) is 3.31. The molecule has 3 N–H and O–H groups in total. The van der Waals surface area contributed by atoms with Crippen molar-refractivity contribution in [2.75, 3.05) is 12.4 Å². The van der Waals surface area contributed by atoms with E-state index in [1.54, 1.807) is 6.07 Å². The number of amides is 1. The molecule has 9 heteroatoms. The lowest BCUT2D eigenvalue weighted by atomic mass is 10.1. The molecule has 9 nitrogen and oxygen atoms in total. The molecule has 132 valence electrons. The second-order valence-corrected chi connectivity index (χ2v) is 5.01. The number of benzene rings is 2. The van der Waals surface area contributed by atoms with Crippen molar-refractivity contribution in [3.63, 3.8) is 0 Å². The summed E-state index contributed by atoms with van der Waals surface area (Å²) in [6, 6.07) is 9.27. The first-order valence-corrected chi connectivity index (χ1v) is 7.13. The van der Waals surface area contributed by atoms with E-state index < -0.39 is 22.2 Å². The maximum atomic E-state index is 12.2. The monoisotopic (exact) mass is 355 g/mol. The van der Waals surface area contributed by atoms with Gasteiger partial charge >= 0.3 is 0 Å². The Hall–Kier alpha value is -4.06. The maximum Gasteiger partial charge on any atom is 0.274 e. The van der Waals surface area contributed by atoms with Gasteiger partial charge in [-0.25, -0.2) is 0 Å². The average molecular weight is 355 g/mol. The molecule has 0 saturated carbocycles. The molecule has 0 fully saturated rings. The number of nitrogens with zero attached hydrogens (tertiary/aromatic N) is 2. The van der Waals surface area contributed by atoms with Gasteiger partial charge < -0.3 is 20.3 Å². The number of hydrogen-bond acceptors (Lipinski definition) is 7. The highest BCUT2D eigenvalue weighted by molar-refractivity contribution is 6.10. The van der Waals surface area contributed by atoms with E-state index in [2.05, 4.69) is 5.32 Å². The fraction of sp³-hybridized carbons (Fsp3) is 0.0588. The standard InChI is InChI=1S/C17H13N3O6/c1-26-15-8-13(20(24)25)7-10(16(15)22)6-11(9-18)17(23)19-12-2-4-14(21)5-3-12/h2-8,21-22H,1H3,(H,19,23)/b11-6-. The van der Waals surface area contributed by atoms with Gasteiger partial charge in [0.15, 0.2) is 11.5 Å². The van der Waals surface area contributed by atoms with Crippen LogP contribution < -0.4 is 10.1 Å². The number of nitrogens with one attached hydrogen (secondary N) is 1. The van der Waals surface area contributed by atoms with Gasteiger partial charge in [-0.2, -0.15) is 5.26 Å². The highest BCUT2D eigenvalue weighted by Crippen LogP contribution is 2.35. The number of methoxy groups -OCH3 is 1. The number of carbonyl (C=O) groups is 1. The minimum absolute atomic E-state index is 0.00709. The average Bonchev–Trinajstić information content (AvgIpc) is 2.62. The zero-order valence-electron chi connectivity index (χ0n) is 13.5. The molecule has 0 heterocycles. The highest BCUT2D eigenvalue weighted by atomic mass is 16.6. The van der Waals surface area contributed by atoms with Gasteiger partial charge in [-0.1, -0.05) is 0 Å². The minimum atomic E-state index is -0.789. The van der Waals surface area contributed by atoms with Crippen molar-refractivity contribution in [1.29, 1.82) is 5.26 Å². The molecule has 1 amide bonds. The summed E-state index contributed by atoms with van der Waals surface area (Å²) in [6.07, 6.45) is 1.01. The molecule has 0 radical (unpaired) electrons. The van der Waals surface area contributed by atoms with Gasteiger partial charge in [0.2, 0.25) is 0 Å². The van der Waals surface area contributed by atoms with Crippen molar-refractivity contribution in [2.45, 2.75) is 0 Å². The van der Waals surface area contributed by atoms with E-state index in [9.17, 15) is 30.4 Å². The lowest BCUT2D eigenvalue weighted by Gasteiger charge is -2.08. The molecule has 0 aliphatic heterocycles. The summed E-state index contributed by atoms with van der Waals surface area (Å²) < 4.78 is 4.87. The number of carbonyl (C=O) groups excluding carboxylic acids is 1. The van der Waals surface area contributed by atoms with Crippen LogP contribution in [-0.4, -0.2) is 28.2 Å². The van der Waals surface area contributed by atoms with Gasteiger partial charge in [-0.05, 0) is 30.3 Å². The van der Waals surface area contributed by atoms with Crippen molar-refractivity contribution >= 4 is 23.4 Å². The summed E-state index contributed by atoms with van der Waals surface area (Å²) in [5.74, 6) is -1.39. The van der Waals surface area contributed by atoms with E-state index in [0.717, 1.165) is 18.2 Å². The van der Waals surface area contributed by atoms with Crippen LogP contribution in [0.2, 0.25) is 0 Å². The van der Waals surface area contributed by atoms with Gasteiger partial charge in [0.25, 0.3) is 11.6 Å². The molecule has 0 atom stereocenters. The zero-order chi connectivity index (χ0) is 19.3. The summed E-state index contributed by atoms with van der Waals surface area (Å²) in [6.45, 7) is 0. The SMILES string of the molecule is COc1cc([N+](=O)[O-])cc(/C=C(/C#N)C(=O)Nc2ccc(O)cc2)c1O. The molecule has 0 spiro atoms. The largest absolute Gasteiger partial charge is 0.508 e. The Morgan fingerprint density at radius 2 is 1.96 bits per heavy atom. The number of phenols is 2. The molecular formula is C17H13N3O6. The van der Waals surface area contributed by atoms with Crippen LogP contribution in [0.5, 0.6) is 17.2 Å². The molecule has 0 aliphatic rings. The van der Waals surface area contributed by atoms with Gasteiger partial charge in [0.1, 0.15) is 17.4 Å². The predicted molar refractivity (Wildman–Crippen MR) is 91.6 cm³/mol. The van der Waals surface area contributed by atoms with Crippen LogP contribution in [-0.2, 0) is 4.79 Å². The smallest absolute Gasteiger partial charge is 0.274 e. The van der Waals surface area contributed by atoms with Crippen LogP contribution in [0.1, 0.15) is 5.56 Å². The Balaban J connectivity index is 2.40. The van der Waals surface area contributed by atoms with Crippen molar-refractivity contribution in [1.82, 2.24) is 0 Å². The molecule has 2 rings (SSSR count). The van der Waals surface area contributed by atoms with E-state index in [0.29, 0.717) is 5.69 Å². The van der Waals surface area contributed by atoms with E-state index >= 15 is 0 Å². The third-order valence-corrected chi connectivity index (χ3v) is 3.31. The first kappa shape index (κ1) is 18.3. The van der Waals surface area contributed by atoms with Crippen molar-refractivity contribution in [2.24, 2.45) is 0 Å². The van der Waals surface area contributed by atoms with Crippen molar-refractivity contribution in [3.05, 3.63) is 57.6 Å². The molecule has 0 bridgehead atoms. The number of non-ortho nitro benzene ring substituents is 1. The summed E-state index contributed by atoms with van der Waals surface area (Å²) in [7, 11) is 1.22. The maximum absolute atomic E-state index is 12.2. The summed E-state index contributed by atoms with van der Waals surface area (Å²) >= 11 is 0. The highest BCUT2D eigenvalue weighted by Gasteiger charge is 2.18. The van der Waals surface area contributed by atoms with Gasteiger partial charge in [0.05, 0.1) is 18.1 Å². The minimum Gasteiger partial charge on any atom is -0.508 e. The second kappa shape index (κ2) is 7.67. The number of rotatable bonds is 5. The van der Waals surface area contributed by atoms with Crippen molar-refractivity contribution in [3.8, 4) is 23.3 Å². The van der Waals surface area contributed by atoms with Crippen LogP contribution in [0, 0.1) is 21.4 Å². The lowest BCUT2D eigenvalue weighted by molar-refractivity contribution is -0.385. The fourth-order valence-corrected chi connectivity index (χ4v) is 2.03. The molecular weight excluding hydrogens is 342 g/mol. The molecule has 0 saturated heterocycles. The van der Waals surface area contributed by atoms with Gasteiger partial charge in [0, 0.05) is 17.3 Å². The lowest BCUT2D eigenvalue weighted by Crippen LogP contribution is -2.13. The number of nitro groups is 1. The number of ether oxygens (including phenoxy) is 1. The number of phenolic OH excluding ortho intramolecular Hbond substituents is 2. The summed E-state index contributed by atoms with van der Waals surface area (Å²) in [5.41, 5.74) is -0.554. The molecule has 0 unspecified atom stereocenters. The van der Waals surface area contributed by atoms with Crippen LogP contribution >= 0.6 is 0 Å². The van der Waals surface area contributed by atoms with Gasteiger partial charge in [-0.3, -0.25) is 14.9 Å². The number of hydrogen-bond donors (Lipinski definition) is 3. The fourth-order valence-electron chi connectivity index (χ4n) is 2.03. The van der Waals surface area contributed by atoms with Crippen LogP contribution in [0.3, 0.4) is 0 Å². The first-order valence-electron chi connectivity index (χ1n) is 7.13. The Morgan fingerprint density at radius 3 is 2.50 bits per heavy atom. The number of aromatic hydroxyl groups is 2. The van der Waals surface area contributed by atoms with E-state index in [-0.39, 0.29) is 22.7 Å². The predicted octanol–water partition coefficient (Wildman–Crippen LogP) is 2.56. The number of nitro benzene ring substituents is 1. The normalized spacial score (nSPS) is 10.7. The molecule has 0 aliphatic carbocycles. The topological polar surface area (TPSA) is 146 Å². The van der Waals surface area contributed by atoms with E-state index in [1.807, 2.05) is 0 Å². The van der Waals surface area contributed by atoms with Crippen LogP contribution in [0.25, 0.3) is 6.08 Å². The van der Waals surface area contributed by atoms with E-state index in [1.165, 1.54) is 31.4 Å². The molecule has 2 aromatic rings. The number of nitriles is 1. The number of anilines is 1. The first-order chi connectivity index (χ1) is 12.3. The Morgan fingerprint density at radius 1 is 1.31 bits per heavy atom. The Labute approximate surface area is 147 Å². The molecule has 2 aromatic carbocycles. The Kier molecular flexibility index (Phi) is 5.40. The quantitative estimate of drug-likeness (QED) is 0.245. The zero-order valence-corrected chi connectivity index (χ0v) is 13.5. The summed E-state index contributed by atoms with van der Waals surface area (Å²) in [4.78, 5) is 22.5. The van der Waals surface area contributed by atoms with Crippen LogP contribution in [0.4, 0.5) is 11.4 Å². The summed E-state index contributed by atoms with van der Waals surface area (Å²) in [5, 5.41) is 41.9.